The monoisotopic (exact) mass is 126 g/mol. The minimum atomic E-state index is 0.0185. The summed E-state index contributed by atoms with van der Waals surface area (Å²) in [6, 6.07) is 0. The third-order valence-corrected chi connectivity index (χ3v) is 1.69. The SMILES string of the molecule is CC1C=NNC(=O)C1C. The molecular weight excluding hydrogens is 116 g/mol. The van der Waals surface area contributed by atoms with E-state index in [0.29, 0.717) is 0 Å². The van der Waals surface area contributed by atoms with E-state index in [-0.39, 0.29) is 17.7 Å². The molecule has 0 aromatic carbocycles. The second kappa shape index (κ2) is 2.17. The lowest BCUT2D eigenvalue weighted by atomic mass is 9.96. The van der Waals surface area contributed by atoms with Gasteiger partial charge in [0.25, 0.3) is 0 Å². The van der Waals surface area contributed by atoms with Gasteiger partial charge in [0.2, 0.25) is 5.91 Å². The number of rotatable bonds is 0. The first-order valence-corrected chi connectivity index (χ1v) is 3.05. The maximum Gasteiger partial charge on any atom is 0.243 e. The van der Waals surface area contributed by atoms with Crippen molar-refractivity contribution in [2.75, 3.05) is 0 Å². The van der Waals surface area contributed by atoms with Gasteiger partial charge < -0.3 is 0 Å². The van der Waals surface area contributed by atoms with Crippen LogP contribution >= 0.6 is 0 Å². The number of hydrazone groups is 1. The van der Waals surface area contributed by atoms with E-state index in [1.807, 2.05) is 13.8 Å². The van der Waals surface area contributed by atoms with Gasteiger partial charge in [-0.1, -0.05) is 13.8 Å². The first kappa shape index (κ1) is 6.26. The molecule has 0 radical (unpaired) electrons. The van der Waals surface area contributed by atoms with Crippen molar-refractivity contribution in [1.82, 2.24) is 5.43 Å². The van der Waals surface area contributed by atoms with E-state index in [2.05, 4.69) is 10.5 Å². The van der Waals surface area contributed by atoms with Crippen molar-refractivity contribution in [3.05, 3.63) is 0 Å². The number of carbonyl (C=O) groups excluding carboxylic acids is 1. The highest BCUT2D eigenvalue weighted by molar-refractivity contribution is 5.85. The molecule has 1 rings (SSSR count). The van der Waals surface area contributed by atoms with Crippen molar-refractivity contribution in [2.24, 2.45) is 16.9 Å². The van der Waals surface area contributed by atoms with Crippen molar-refractivity contribution < 1.29 is 4.79 Å². The number of amides is 1. The Kier molecular flexibility index (Phi) is 1.51. The van der Waals surface area contributed by atoms with Crippen LogP contribution in [0, 0.1) is 11.8 Å². The minimum absolute atomic E-state index is 0.0185. The maximum absolute atomic E-state index is 10.8. The predicted octanol–water partition coefficient (Wildman–Crippen LogP) is 0.374. The molecule has 1 aliphatic heterocycles. The lowest BCUT2D eigenvalue weighted by Gasteiger charge is -2.17. The van der Waals surface area contributed by atoms with Crippen LogP contribution < -0.4 is 5.43 Å². The zero-order valence-electron chi connectivity index (χ0n) is 5.59. The highest BCUT2D eigenvalue weighted by Gasteiger charge is 2.21. The van der Waals surface area contributed by atoms with Crippen LogP contribution in [0.25, 0.3) is 0 Å². The van der Waals surface area contributed by atoms with Gasteiger partial charge in [0.05, 0.1) is 0 Å². The van der Waals surface area contributed by atoms with E-state index >= 15 is 0 Å². The summed E-state index contributed by atoms with van der Waals surface area (Å²) in [5, 5.41) is 3.66. The molecule has 0 saturated carbocycles. The van der Waals surface area contributed by atoms with E-state index in [0.717, 1.165) is 0 Å². The molecule has 0 saturated heterocycles. The zero-order valence-corrected chi connectivity index (χ0v) is 5.59. The highest BCUT2D eigenvalue weighted by atomic mass is 16.2. The quantitative estimate of drug-likeness (QED) is 0.500. The van der Waals surface area contributed by atoms with Crippen LogP contribution in [0.2, 0.25) is 0 Å². The standard InChI is InChI=1S/C6H10N2O/c1-4-3-7-8-6(9)5(4)2/h3-5H,1-2H3,(H,8,9). The molecule has 50 valence electrons. The third kappa shape index (κ3) is 1.09. The van der Waals surface area contributed by atoms with Crippen LogP contribution in [0.5, 0.6) is 0 Å². The van der Waals surface area contributed by atoms with Gasteiger partial charge >= 0.3 is 0 Å². The van der Waals surface area contributed by atoms with Crippen molar-refractivity contribution in [2.45, 2.75) is 13.8 Å². The molecule has 0 fully saturated rings. The van der Waals surface area contributed by atoms with Crippen molar-refractivity contribution >= 4 is 12.1 Å². The Morgan fingerprint density at radius 3 is 2.78 bits per heavy atom. The van der Waals surface area contributed by atoms with E-state index < -0.39 is 0 Å². The molecule has 1 N–H and O–H groups in total. The van der Waals surface area contributed by atoms with Crippen LogP contribution in [-0.2, 0) is 4.79 Å². The normalized spacial score (nSPS) is 34.2. The maximum atomic E-state index is 10.8. The Hall–Kier alpha value is -0.860. The fourth-order valence-corrected chi connectivity index (χ4v) is 0.688. The van der Waals surface area contributed by atoms with Gasteiger partial charge in [-0.25, -0.2) is 5.43 Å². The average molecular weight is 126 g/mol. The molecule has 1 aliphatic rings. The first-order chi connectivity index (χ1) is 4.22. The molecule has 1 heterocycles. The minimum Gasteiger partial charge on any atom is -0.273 e. The number of nitrogens with zero attached hydrogens (tertiary/aromatic N) is 1. The summed E-state index contributed by atoms with van der Waals surface area (Å²) >= 11 is 0. The van der Waals surface area contributed by atoms with E-state index in [1.54, 1.807) is 6.21 Å². The number of carbonyl (C=O) groups is 1. The van der Waals surface area contributed by atoms with Crippen molar-refractivity contribution in [1.29, 1.82) is 0 Å². The number of hydrogen-bond donors (Lipinski definition) is 1. The molecular formula is C6H10N2O. The lowest BCUT2D eigenvalue weighted by molar-refractivity contribution is -0.125. The predicted molar refractivity (Wildman–Crippen MR) is 35.0 cm³/mol. The summed E-state index contributed by atoms with van der Waals surface area (Å²) < 4.78 is 0. The summed E-state index contributed by atoms with van der Waals surface area (Å²) in [6.45, 7) is 3.87. The third-order valence-electron chi connectivity index (χ3n) is 1.69. The highest BCUT2D eigenvalue weighted by Crippen LogP contribution is 2.10. The van der Waals surface area contributed by atoms with Gasteiger partial charge in [0.15, 0.2) is 0 Å². The molecule has 2 atom stereocenters. The Bertz CT molecular complexity index is 153. The molecule has 0 aromatic heterocycles. The Morgan fingerprint density at radius 1 is 1.67 bits per heavy atom. The van der Waals surface area contributed by atoms with Gasteiger partial charge in [0, 0.05) is 18.1 Å². The second-order valence-corrected chi connectivity index (χ2v) is 2.40. The molecule has 1 amide bonds. The summed E-state index contributed by atoms with van der Waals surface area (Å²) in [5.41, 5.74) is 2.39. The van der Waals surface area contributed by atoms with Crippen LogP contribution in [0.4, 0.5) is 0 Å². The molecule has 0 aliphatic carbocycles. The largest absolute Gasteiger partial charge is 0.273 e. The molecule has 0 spiro atoms. The smallest absolute Gasteiger partial charge is 0.243 e. The molecule has 0 aromatic rings. The molecule has 0 bridgehead atoms. The summed E-state index contributed by atoms with van der Waals surface area (Å²) in [4.78, 5) is 10.8. The van der Waals surface area contributed by atoms with Crippen LogP contribution in [-0.4, -0.2) is 12.1 Å². The van der Waals surface area contributed by atoms with Gasteiger partial charge in [0.1, 0.15) is 0 Å². The summed E-state index contributed by atoms with van der Waals surface area (Å²) in [5.74, 6) is 0.367. The van der Waals surface area contributed by atoms with Crippen molar-refractivity contribution in [3.63, 3.8) is 0 Å². The molecule has 2 unspecified atom stereocenters. The molecule has 9 heavy (non-hydrogen) atoms. The number of hydrogen-bond acceptors (Lipinski definition) is 2. The fourth-order valence-electron chi connectivity index (χ4n) is 0.688. The van der Waals surface area contributed by atoms with E-state index in [4.69, 9.17) is 0 Å². The zero-order chi connectivity index (χ0) is 6.85. The van der Waals surface area contributed by atoms with Crippen LogP contribution in [0.1, 0.15) is 13.8 Å². The van der Waals surface area contributed by atoms with Gasteiger partial charge in [-0.3, -0.25) is 4.79 Å². The fraction of sp³-hybridized carbons (Fsp3) is 0.667. The molecule has 3 heteroatoms. The first-order valence-electron chi connectivity index (χ1n) is 3.05. The van der Waals surface area contributed by atoms with Gasteiger partial charge in [-0.2, -0.15) is 5.10 Å². The lowest BCUT2D eigenvalue weighted by Crippen LogP contribution is -2.34. The number of nitrogens with one attached hydrogen (secondary N) is 1. The summed E-state index contributed by atoms with van der Waals surface area (Å²) in [7, 11) is 0. The van der Waals surface area contributed by atoms with Crippen LogP contribution in [0.15, 0.2) is 5.10 Å². The summed E-state index contributed by atoms with van der Waals surface area (Å²) in [6.07, 6.45) is 1.76. The van der Waals surface area contributed by atoms with Gasteiger partial charge in [-0.15, -0.1) is 0 Å². The van der Waals surface area contributed by atoms with Crippen molar-refractivity contribution in [3.8, 4) is 0 Å². The van der Waals surface area contributed by atoms with Crippen LogP contribution in [0.3, 0.4) is 0 Å². The Labute approximate surface area is 54.1 Å². The average Bonchev–Trinajstić information content (AvgIpc) is 1.83. The topological polar surface area (TPSA) is 41.5 Å². The van der Waals surface area contributed by atoms with E-state index in [1.165, 1.54) is 0 Å². The molecule has 3 nitrogen and oxygen atoms in total. The second-order valence-electron chi connectivity index (χ2n) is 2.40. The Morgan fingerprint density at radius 2 is 2.33 bits per heavy atom. The Balaban J connectivity index is 2.69. The van der Waals surface area contributed by atoms with Gasteiger partial charge in [-0.05, 0) is 0 Å². The van der Waals surface area contributed by atoms with E-state index in [9.17, 15) is 4.79 Å².